The van der Waals surface area contributed by atoms with Crippen molar-refractivity contribution in [1.29, 1.82) is 0 Å². The summed E-state index contributed by atoms with van der Waals surface area (Å²) in [6, 6.07) is 17.6. The zero-order chi connectivity index (χ0) is 24.9. The van der Waals surface area contributed by atoms with Gasteiger partial charge in [0.25, 0.3) is 5.69 Å². The fraction of sp³-hybridized carbons (Fsp3) is 0.0800. The number of cyclic esters (lactones) is 1. The number of nitro benzene ring substituents is 1. The third-order valence-corrected chi connectivity index (χ3v) is 5.28. The summed E-state index contributed by atoms with van der Waals surface area (Å²) in [6.07, 6.45) is 1.47. The smallest absolute Gasteiger partial charge is 0.363 e. The highest BCUT2D eigenvalue weighted by molar-refractivity contribution is 6.32. The van der Waals surface area contributed by atoms with Gasteiger partial charge in [-0.2, -0.15) is 0 Å². The van der Waals surface area contributed by atoms with Crippen molar-refractivity contribution in [3.05, 3.63) is 104 Å². The van der Waals surface area contributed by atoms with Crippen LogP contribution < -0.4 is 9.47 Å². The van der Waals surface area contributed by atoms with Crippen molar-refractivity contribution in [2.75, 3.05) is 13.7 Å². The van der Waals surface area contributed by atoms with Crippen LogP contribution in [-0.2, 0) is 9.53 Å². The lowest BCUT2D eigenvalue weighted by Crippen LogP contribution is -2.11. The number of rotatable bonds is 8. The van der Waals surface area contributed by atoms with E-state index in [1.807, 2.05) is 6.07 Å². The Hall–Kier alpha value is -4.50. The van der Waals surface area contributed by atoms with Crippen LogP contribution >= 0.6 is 11.6 Å². The number of carbonyl (C=O) groups is 2. The van der Waals surface area contributed by atoms with Crippen molar-refractivity contribution in [3.8, 4) is 11.5 Å². The van der Waals surface area contributed by atoms with Gasteiger partial charge in [0, 0.05) is 17.2 Å². The molecule has 0 N–H and O–H groups in total. The molecule has 0 aromatic heterocycles. The van der Waals surface area contributed by atoms with Gasteiger partial charge in [0.2, 0.25) is 5.90 Å². The Morgan fingerprint density at radius 1 is 1.11 bits per heavy atom. The number of nitrogens with zero attached hydrogens (tertiary/aromatic N) is 2. The Balaban J connectivity index is 1.53. The molecule has 3 aromatic rings. The minimum atomic E-state index is -0.717. The number of ether oxygens (including phenoxy) is 3. The molecule has 0 unspecified atom stereocenters. The monoisotopic (exact) mass is 492 g/mol. The molecular weight excluding hydrogens is 476 g/mol. The molecule has 35 heavy (non-hydrogen) atoms. The highest BCUT2D eigenvalue weighted by atomic mass is 35.5. The zero-order valence-corrected chi connectivity index (χ0v) is 19.0. The molecule has 0 saturated heterocycles. The molecule has 1 aliphatic heterocycles. The summed E-state index contributed by atoms with van der Waals surface area (Å²) in [5.41, 5.74) is 0.996. The first-order valence-electron chi connectivity index (χ1n) is 10.2. The molecule has 0 spiro atoms. The predicted octanol–water partition coefficient (Wildman–Crippen LogP) is 4.86. The molecule has 176 valence electrons. The Morgan fingerprint density at radius 2 is 1.89 bits per heavy atom. The predicted molar refractivity (Wildman–Crippen MR) is 128 cm³/mol. The van der Waals surface area contributed by atoms with Gasteiger partial charge in [0.05, 0.1) is 12.0 Å². The van der Waals surface area contributed by atoms with E-state index in [1.165, 1.54) is 31.4 Å². The Morgan fingerprint density at radius 3 is 2.60 bits per heavy atom. The van der Waals surface area contributed by atoms with E-state index in [0.717, 1.165) is 0 Å². The van der Waals surface area contributed by atoms with Crippen LogP contribution in [0.25, 0.3) is 6.08 Å². The van der Waals surface area contributed by atoms with Crippen LogP contribution in [0.4, 0.5) is 5.69 Å². The normalized spacial score (nSPS) is 13.8. The zero-order valence-electron chi connectivity index (χ0n) is 18.3. The van der Waals surface area contributed by atoms with Gasteiger partial charge in [0.15, 0.2) is 29.6 Å². The van der Waals surface area contributed by atoms with Gasteiger partial charge in [-0.3, -0.25) is 14.9 Å². The van der Waals surface area contributed by atoms with Crippen molar-refractivity contribution in [2.24, 2.45) is 4.99 Å². The standard InChI is InChI=1S/C25H17ClN2O7/c1-33-23-12-15(7-10-22(23)34-14-21(29)16-5-3-2-4-6-16)11-19-25(30)35-24(27-19)17-8-9-18(26)20(13-17)28(31)32/h2-13H,14H2,1H3/b19-11-. The van der Waals surface area contributed by atoms with E-state index in [9.17, 15) is 19.7 Å². The topological polar surface area (TPSA) is 117 Å². The van der Waals surface area contributed by atoms with E-state index in [0.29, 0.717) is 22.6 Å². The third kappa shape index (κ3) is 5.36. The fourth-order valence-electron chi connectivity index (χ4n) is 3.22. The Labute approximate surface area is 204 Å². The second-order valence-electron chi connectivity index (χ2n) is 7.25. The van der Waals surface area contributed by atoms with Crippen molar-refractivity contribution in [1.82, 2.24) is 0 Å². The molecular formula is C25H17ClN2O7. The van der Waals surface area contributed by atoms with Gasteiger partial charge in [-0.1, -0.05) is 48.0 Å². The molecule has 0 atom stereocenters. The lowest BCUT2D eigenvalue weighted by Gasteiger charge is -2.11. The van der Waals surface area contributed by atoms with Crippen molar-refractivity contribution in [2.45, 2.75) is 0 Å². The average Bonchev–Trinajstić information content (AvgIpc) is 3.23. The first kappa shape index (κ1) is 23.7. The first-order valence-corrected chi connectivity index (χ1v) is 10.6. The van der Waals surface area contributed by atoms with Crippen molar-refractivity contribution >= 4 is 41.0 Å². The summed E-state index contributed by atoms with van der Waals surface area (Å²) >= 11 is 5.83. The Bertz CT molecular complexity index is 1380. The highest BCUT2D eigenvalue weighted by Gasteiger charge is 2.26. The third-order valence-electron chi connectivity index (χ3n) is 4.96. The summed E-state index contributed by atoms with van der Waals surface area (Å²) in [4.78, 5) is 39.3. The van der Waals surface area contributed by atoms with E-state index in [2.05, 4.69) is 4.99 Å². The van der Waals surface area contributed by atoms with Gasteiger partial charge in [-0.15, -0.1) is 0 Å². The molecule has 0 saturated carbocycles. The van der Waals surface area contributed by atoms with E-state index >= 15 is 0 Å². The molecule has 4 rings (SSSR count). The maximum absolute atomic E-state index is 12.3. The highest BCUT2D eigenvalue weighted by Crippen LogP contribution is 2.31. The minimum Gasteiger partial charge on any atom is -0.493 e. The van der Waals surface area contributed by atoms with Crippen LogP contribution in [0.2, 0.25) is 5.02 Å². The number of Topliss-reactive ketones (excluding diaryl/α,β-unsaturated/α-hetero) is 1. The molecule has 3 aromatic carbocycles. The molecule has 10 heteroatoms. The lowest BCUT2D eigenvalue weighted by molar-refractivity contribution is -0.384. The number of carbonyl (C=O) groups excluding carboxylic acids is 2. The van der Waals surface area contributed by atoms with Crippen molar-refractivity contribution in [3.63, 3.8) is 0 Å². The number of halogens is 1. The van der Waals surface area contributed by atoms with Crippen LogP contribution in [0, 0.1) is 10.1 Å². The van der Waals surface area contributed by atoms with Crippen LogP contribution in [-0.4, -0.2) is 36.3 Å². The fourth-order valence-corrected chi connectivity index (χ4v) is 3.41. The quantitative estimate of drug-likeness (QED) is 0.145. The average molecular weight is 493 g/mol. The van der Waals surface area contributed by atoms with Crippen LogP contribution in [0.5, 0.6) is 11.5 Å². The van der Waals surface area contributed by atoms with Gasteiger partial charge < -0.3 is 14.2 Å². The van der Waals surface area contributed by atoms with Crippen LogP contribution in [0.15, 0.2) is 77.4 Å². The van der Waals surface area contributed by atoms with E-state index in [4.69, 9.17) is 25.8 Å². The lowest BCUT2D eigenvalue weighted by atomic mass is 10.1. The second kappa shape index (κ2) is 10.2. The minimum absolute atomic E-state index is 0.00687. The maximum Gasteiger partial charge on any atom is 0.363 e. The molecule has 0 radical (unpaired) electrons. The second-order valence-corrected chi connectivity index (χ2v) is 7.65. The van der Waals surface area contributed by atoms with E-state index in [-0.39, 0.29) is 40.3 Å². The summed E-state index contributed by atoms with van der Waals surface area (Å²) in [5, 5.41) is 11.1. The van der Waals surface area contributed by atoms with Crippen molar-refractivity contribution < 1.29 is 28.7 Å². The molecule has 0 amide bonds. The summed E-state index contributed by atoms with van der Waals surface area (Å²) in [7, 11) is 1.45. The summed E-state index contributed by atoms with van der Waals surface area (Å²) in [6.45, 7) is -0.173. The molecule has 0 aliphatic carbocycles. The molecule has 9 nitrogen and oxygen atoms in total. The molecule has 1 heterocycles. The van der Waals surface area contributed by atoms with E-state index < -0.39 is 10.9 Å². The van der Waals surface area contributed by atoms with Gasteiger partial charge >= 0.3 is 5.97 Å². The van der Waals surface area contributed by atoms with Gasteiger partial charge in [-0.05, 0) is 35.9 Å². The van der Waals surface area contributed by atoms with Gasteiger partial charge in [-0.25, -0.2) is 9.79 Å². The molecule has 0 fully saturated rings. The number of esters is 1. The largest absolute Gasteiger partial charge is 0.493 e. The summed E-state index contributed by atoms with van der Waals surface area (Å²) in [5.74, 6) is -0.274. The number of benzene rings is 3. The Kier molecular flexibility index (Phi) is 6.88. The molecule has 0 bridgehead atoms. The first-order chi connectivity index (χ1) is 16.9. The number of nitro groups is 1. The number of hydrogen-bond donors (Lipinski definition) is 0. The SMILES string of the molecule is COc1cc(/C=C2\N=C(c3ccc(Cl)c([N+](=O)[O-])c3)OC2=O)ccc1OCC(=O)c1ccccc1. The number of hydrogen-bond acceptors (Lipinski definition) is 8. The summed E-state index contributed by atoms with van der Waals surface area (Å²) < 4.78 is 16.2. The maximum atomic E-state index is 12.3. The number of aliphatic imine (C=N–C) groups is 1. The number of methoxy groups -OCH3 is 1. The van der Waals surface area contributed by atoms with Gasteiger partial charge in [0.1, 0.15) is 5.02 Å². The molecule has 1 aliphatic rings. The van der Waals surface area contributed by atoms with Crippen LogP contribution in [0.3, 0.4) is 0 Å². The number of ketones is 1. The van der Waals surface area contributed by atoms with E-state index in [1.54, 1.807) is 42.5 Å². The van der Waals surface area contributed by atoms with Crippen LogP contribution in [0.1, 0.15) is 21.5 Å².